The van der Waals surface area contributed by atoms with Crippen LogP contribution < -0.4 is 79.8 Å². The predicted octanol–water partition coefficient (Wildman–Crippen LogP) is -9.65. The molecule has 0 aromatic carbocycles. The van der Waals surface area contributed by atoms with E-state index in [1.165, 1.54) is 0 Å². The number of rotatable bonds is 40. The molecule has 0 aromatic rings. The third-order valence-electron chi connectivity index (χ3n) is 10.2. The topological polar surface area (TPSA) is 474 Å². The number of hydrogen-bond acceptors (Lipinski definition) is 16. The number of hydrogen-bond donors (Lipinski definition) is 16. The summed E-state index contributed by atoms with van der Waals surface area (Å²) in [7, 11) is 0. The molecule has 0 saturated heterocycles. The molecule has 32 heteroatoms. The Hall–Kier alpha value is -10.2. The molecule has 3 unspecified atom stereocenters. The Kier molecular flexibility index (Phi) is 37.4. The van der Waals surface area contributed by atoms with Crippen molar-refractivity contribution in [3.8, 4) is 49.4 Å². The van der Waals surface area contributed by atoms with Crippen LogP contribution in [-0.2, 0) is 76.7 Å². The van der Waals surface area contributed by atoms with Gasteiger partial charge in [-0.05, 0) is 81.5 Å². The van der Waals surface area contributed by atoms with Gasteiger partial charge in [-0.15, -0.1) is 25.7 Å². The van der Waals surface area contributed by atoms with Crippen LogP contribution in [0.2, 0.25) is 0 Å². The van der Waals surface area contributed by atoms with Gasteiger partial charge in [0, 0.05) is 26.2 Å². The molecule has 32 nitrogen and oxygen atoms in total. The van der Waals surface area contributed by atoms with Crippen molar-refractivity contribution >= 4 is 94.6 Å². The molecule has 0 bridgehead atoms. The zero-order valence-corrected chi connectivity index (χ0v) is 44.1. The minimum Gasteiger partial charge on any atom is -0.481 e. The normalized spacial score (nSPS) is 11.0. The number of terminal acetylenes is 4. The van der Waals surface area contributed by atoms with Gasteiger partial charge in [-0.1, -0.05) is 0 Å². The second-order valence-corrected chi connectivity index (χ2v) is 16.6. The van der Waals surface area contributed by atoms with E-state index in [-0.39, 0.29) is 84.0 Å². The summed E-state index contributed by atoms with van der Waals surface area (Å²) in [5.74, 6) is -5.87. The molecule has 81 heavy (non-hydrogen) atoms. The van der Waals surface area contributed by atoms with E-state index in [2.05, 4.69) is 79.8 Å². The summed E-state index contributed by atoms with van der Waals surface area (Å²) in [4.78, 5) is 195. The van der Waals surface area contributed by atoms with E-state index < -0.39 is 171 Å². The van der Waals surface area contributed by atoms with Crippen molar-refractivity contribution in [1.29, 1.82) is 0 Å². The smallest absolute Gasteiger partial charge is 0.305 e. The Labute approximate surface area is 465 Å². The maximum Gasteiger partial charge on any atom is 0.305 e. The highest BCUT2D eigenvalue weighted by atomic mass is 16.4. The first kappa shape index (κ1) is 70.8. The van der Waals surface area contributed by atoms with Crippen LogP contribution in [0.1, 0.15) is 64.2 Å². The summed E-state index contributed by atoms with van der Waals surface area (Å²) in [6, 6.07) is -3.93. The van der Waals surface area contributed by atoms with Gasteiger partial charge in [0.25, 0.3) is 23.6 Å². The van der Waals surface area contributed by atoms with Gasteiger partial charge in [0.05, 0.1) is 58.8 Å². The van der Waals surface area contributed by atoms with Gasteiger partial charge in [0.15, 0.2) is 0 Å². The fourth-order valence-electron chi connectivity index (χ4n) is 6.13. The van der Waals surface area contributed by atoms with Crippen molar-refractivity contribution in [2.24, 2.45) is 0 Å². The van der Waals surface area contributed by atoms with E-state index in [4.69, 9.17) is 30.8 Å². The van der Waals surface area contributed by atoms with E-state index in [9.17, 15) is 76.7 Å². The maximum absolute atomic E-state index is 13.8. The number of unbranched alkanes of at least 4 members (excludes halogenated alkanes) is 3. The van der Waals surface area contributed by atoms with Crippen molar-refractivity contribution < 1.29 is 81.8 Å². The van der Waals surface area contributed by atoms with Gasteiger partial charge < -0.3 is 84.9 Å². The molecule has 15 amide bonds. The van der Waals surface area contributed by atoms with Crippen LogP contribution in [0.4, 0.5) is 0 Å². The third-order valence-corrected chi connectivity index (χ3v) is 10.2. The van der Waals surface area contributed by atoms with Crippen LogP contribution in [-0.4, -0.2) is 196 Å². The average molecular weight is 1140 g/mol. The molecule has 3 atom stereocenters. The lowest BCUT2D eigenvalue weighted by molar-refractivity contribution is -0.137. The predicted molar refractivity (Wildman–Crippen MR) is 281 cm³/mol. The summed E-state index contributed by atoms with van der Waals surface area (Å²) in [6.45, 7) is -4.51. The number of carbonyl (C=O) groups excluding carboxylic acids is 15. The standard InChI is InChI=1S/C49H67N15O17/c1-5-34(65)54-25-40(71)58-23-38(69)50-19-12-9-15-31(62-44(75)29-60-42(73)27-56-36(67)7-3)47(79)52-21-14-11-16-32(48(80)53-22-18-46(77)78)64-49(81)33(63-45(76)30-61-43(74)28-57-37(68)8-4)17-10-13-20-51-39(70)24-59-41(72)26-55-35(66)6-2/h1-4,31-33H,9-30H2,(H,50,69)(H,51,70)(H,52,79)(H,53,80)(H,54,65)(H,55,66)(H,56,67)(H,57,68)(H,58,71)(H,59,72)(H,60,73)(H,61,74)(H,62,75)(H,63,76)(H,64,81)(H,77,78). The SMILES string of the molecule is C#CC(=O)NCC(=O)NCC(=O)NCCCCC(NC(=O)CNC(=O)CNC(=O)C#C)C(=O)NCCCCC(NC(=O)C(CCCCNC(=O)CNC(=O)CNC(=O)C#C)NC(=O)CNC(=O)CNC(=O)C#C)C(=O)NCCC(=O)O. The molecule has 440 valence electrons. The van der Waals surface area contributed by atoms with Gasteiger partial charge in [-0.3, -0.25) is 76.7 Å². The van der Waals surface area contributed by atoms with Crippen molar-refractivity contribution in [1.82, 2.24) is 79.8 Å². The summed E-state index contributed by atoms with van der Waals surface area (Å²) in [5, 5.41) is 44.3. The molecule has 0 rings (SSSR count). The van der Waals surface area contributed by atoms with Gasteiger partial charge in [0.2, 0.25) is 65.0 Å². The van der Waals surface area contributed by atoms with Crippen LogP contribution in [0, 0.1) is 49.4 Å². The average Bonchev–Trinajstić information content (AvgIpc) is 3.44. The third kappa shape index (κ3) is 38.0. The van der Waals surface area contributed by atoms with E-state index in [1.807, 2.05) is 0 Å². The lowest BCUT2D eigenvalue weighted by Crippen LogP contribution is -2.55. The van der Waals surface area contributed by atoms with Crippen LogP contribution in [0.5, 0.6) is 0 Å². The lowest BCUT2D eigenvalue weighted by atomic mass is 10.0. The number of nitrogens with one attached hydrogen (secondary N) is 15. The van der Waals surface area contributed by atoms with Gasteiger partial charge in [-0.2, -0.15) is 0 Å². The summed E-state index contributed by atoms with van der Waals surface area (Å²) >= 11 is 0. The molecule has 0 heterocycles. The molecule has 0 radical (unpaired) electrons. The Balaban J connectivity index is 5.94. The number of carboxylic acid groups (broad SMARTS) is 1. The fraction of sp³-hybridized carbons (Fsp3) is 0.510. The number of carbonyl (C=O) groups is 16. The van der Waals surface area contributed by atoms with Crippen molar-refractivity contribution in [3.63, 3.8) is 0 Å². The lowest BCUT2D eigenvalue weighted by Gasteiger charge is -2.23. The van der Waals surface area contributed by atoms with Crippen LogP contribution >= 0.6 is 0 Å². The summed E-state index contributed by atoms with van der Waals surface area (Å²) < 4.78 is 0. The minimum atomic E-state index is -1.38. The van der Waals surface area contributed by atoms with Crippen molar-refractivity contribution in [3.05, 3.63) is 0 Å². The highest BCUT2D eigenvalue weighted by molar-refractivity contribution is 5.99. The van der Waals surface area contributed by atoms with Crippen LogP contribution in [0.15, 0.2) is 0 Å². The molecule has 0 spiro atoms. The Morgan fingerprint density at radius 2 is 0.556 bits per heavy atom. The molecule has 16 N–H and O–H groups in total. The van der Waals surface area contributed by atoms with Gasteiger partial charge >= 0.3 is 5.97 Å². The highest BCUT2D eigenvalue weighted by Crippen LogP contribution is 2.07. The van der Waals surface area contributed by atoms with Crippen molar-refractivity contribution in [2.45, 2.75) is 82.3 Å². The molecular formula is C49H67N15O17. The molecule has 0 aliphatic heterocycles. The van der Waals surface area contributed by atoms with E-state index in [0.717, 1.165) is 0 Å². The van der Waals surface area contributed by atoms with E-state index >= 15 is 0 Å². The zero-order valence-electron chi connectivity index (χ0n) is 44.1. The molecule has 0 aromatic heterocycles. The molecule has 0 aliphatic rings. The quantitative estimate of drug-likeness (QED) is 0.0200. The molecule has 0 saturated carbocycles. The first-order valence-electron chi connectivity index (χ1n) is 24.8. The first-order chi connectivity index (χ1) is 38.5. The first-order valence-corrected chi connectivity index (χ1v) is 24.8. The largest absolute Gasteiger partial charge is 0.481 e. The molecule has 0 fully saturated rings. The minimum absolute atomic E-state index is 0.0104. The number of carboxylic acids is 1. The van der Waals surface area contributed by atoms with Crippen LogP contribution in [0.3, 0.4) is 0 Å². The van der Waals surface area contributed by atoms with Gasteiger partial charge in [0.1, 0.15) is 18.1 Å². The Morgan fingerprint density at radius 3 is 0.877 bits per heavy atom. The summed E-state index contributed by atoms with van der Waals surface area (Å²) in [5.41, 5.74) is 0. The van der Waals surface area contributed by atoms with E-state index in [1.54, 1.807) is 23.7 Å². The monoisotopic (exact) mass is 1140 g/mol. The highest BCUT2D eigenvalue weighted by Gasteiger charge is 2.27. The second-order valence-electron chi connectivity index (χ2n) is 16.6. The Bertz CT molecular complexity index is 2460. The van der Waals surface area contributed by atoms with Crippen molar-refractivity contribution in [2.75, 3.05) is 78.5 Å². The number of amides is 15. The second kappa shape index (κ2) is 42.8. The Morgan fingerprint density at radius 1 is 0.296 bits per heavy atom. The molecule has 0 aliphatic carbocycles. The zero-order chi connectivity index (χ0) is 61.0. The van der Waals surface area contributed by atoms with Crippen LogP contribution in [0.25, 0.3) is 0 Å². The fourth-order valence-corrected chi connectivity index (χ4v) is 6.13. The number of aliphatic carboxylic acids is 1. The van der Waals surface area contributed by atoms with E-state index in [0.29, 0.717) is 0 Å². The van der Waals surface area contributed by atoms with Gasteiger partial charge in [-0.25, -0.2) is 0 Å². The summed E-state index contributed by atoms with van der Waals surface area (Å²) in [6.07, 6.45) is 20.2. The maximum atomic E-state index is 13.8. The molecular weight excluding hydrogens is 1070 g/mol.